The van der Waals surface area contributed by atoms with Crippen molar-refractivity contribution < 1.29 is 8.98 Å². The van der Waals surface area contributed by atoms with Crippen LogP contribution in [0.1, 0.15) is 5.56 Å². The molecule has 1 aliphatic rings. The van der Waals surface area contributed by atoms with Crippen LogP contribution >= 0.6 is 0 Å². The molecule has 4 aromatic rings. The predicted octanol–water partition coefficient (Wildman–Crippen LogP) is 2.03. The van der Waals surface area contributed by atoms with E-state index in [-0.39, 0.29) is 0 Å². The van der Waals surface area contributed by atoms with Gasteiger partial charge in [0.05, 0.1) is 28.2 Å². The van der Waals surface area contributed by atoms with Gasteiger partial charge in [0.15, 0.2) is 6.54 Å². The molecular weight excluding hydrogens is 252 g/mol. The number of hydrogen-bond donors (Lipinski definition) is 0. The highest BCUT2D eigenvalue weighted by molar-refractivity contribution is 6.02. The smallest absolute Gasteiger partial charge is 0.380 e. The van der Waals surface area contributed by atoms with Crippen LogP contribution < -0.4 is 4.57 Å². The van der Waals surface area contributed by atoms with E-state index in [1.807, 2.05) is 44.0 Å². The lowest BCUT2D eigenvalue weighted by molar-refractivity contribution is -0.648. The van der Waals surface area contributed by atoms with E-state index in [2.05, 4.69) is 19.1 Å². The highest BCUT2D eigenvalue weighted by Crippen LogP contribution is 2.34. The average molecular weight is 263 g/mol. The molecule has 0 amide bonds. The molecule has 5 heteroatoms. The minimum atomic E-state index is 0.812. The van der Waals surface area contributed by atoms with Crippen molar-refractivity contribution >= 4 is 22.1 Å². The maximum absolute atomic E-state index is 6.12. The summed E-state index contributed by atoms with van der Waals surface area (Å²) in [5.41, 5.74) is 5.46. The zero-order valence-corrected chi connectivity index (χ0v) is 10.9. The Labute approximate surface area is 114 Å². The number of oxazole rings is 1. The Morgan fingerprint density at radius 2 is 2.05 bits per heavy atom. The Kier molecular flexibility index (Phi) is 1.65. The first kappa shape index (κ1) is 10.1. The van der Waals surface area contributed by atoms with Crippen molar-refractivity contribution in [3.05, 3.63) is 42.5 Å². The summed E-state index contributed by atoms with van der Waals surface area (Å²) >= 11 is 0. The largest absolute Gasteiger partial charge is 0.383 e. The third-order valence-corrected chi connectivity index (χ3v) is 4.09. The molecule has 0 unspecified atom stereocenters. The first-order chi connectivity index (χ1) is 9.84. The molecule has 0 atom stereocenters. The fourth-order valence-corrected chi connectivity index (χ4v) is 3.15. The van der Waals surface area contributed by atoms with Gasteiger partial charge in [0, 0.05) is 25.6 Å². The van der Waals surface area contributed by atoms with Gasteiger partial charge in [-0.2, -0.15) is 0 Å². The lowest BCUT2D eigenvalue weighted by Gasteiger charge is -1.93. The highest BCUT2D eigenvalue weighted by atomic mass is 16.4. The van der Waals surface area contributed by atoms with Gasteiger partial charge in [-0.15, -0.1) is 4.57 Å². The molecule has 0 N–H and O–H groups in total. The fourth-order valence-electron chi connectivity index (χ4n) is 3.15. The molecule has 0 saturated heterocycles. The molecule has 96 valence electrons. The SMILES string of the molecule is Cn1c2cnccc2c2c1oc1[n+]2Cc2cnccc2-1. The van der Waals surface area contributed by atoms with E-state index in [0.717, 1.165) is 34.7 Å². The summed E-state index contributed by atoms with van der Waals surface area (Å²) in [6.07, 6.45) is 7.42. The lowest BCUT2D eigenvalue weighted by Crippen LogP contribution is -2.30. The summed E-state index contributed by atoms with van der Waals surface area (Å²) in [4.78, 5) is 8.40. The van der Waals surface area contributed by atoms with Crippen molar-refractivity contribution in [3.63, 3.8) is 0 Å². The molecule has 5 nitrogen and oxygen atoms in total. The molecule has 0 bridgehead atoms. The normalized spacial score (nSPS) is 13.1. The number of rotatable bonds is 0. The van der Waals surface area contributed by atoms with Crippen LogP contribution in [0.25, 0.3) is 33.6 Å². The van der Waals surface area contributed by atoms with Gasteiger partial charge in [-0.05, 0) is 12.1 Å². The number of fused-ring (bicyclic) bond motifs is 7. The third kappa shape index (κ3) is 1.02. The second kappa shape index (κ2) is 3.25. The van der Waals surface area contributed by atoms with Crippen LogP contribution in [0.3, 0.4) is 0 Å². The van der Waals surface area contributed by atoms with Gasteiger partial charge in [-0.1, -0.05) is 0 Å². The molecule has 4 aromatic heterocycles. The number of aromatic nitrogens is 4. The quantitative estimate of drug-likeness (QED) is 0.402. The van der Waals surface area contributed by atoms with Gasteiger partial charge in [-0.25, -0.2) is 0 Å². The molecule has 20 heavy (non-hydrogen) atoms. The molecule has 0 aromatic carbocycles. The molecule has 1 aliphatic heterocycles. The van der Waals surface area contributed by atoms with E-state index < -0.39 is 0 Å². The molecule has 0 saturated carbocycles. The number of aryl methyl sites for hydroxylation is 1. The van der Waals surface area contributed by atoms with E-state index in [0.29, 0.717) is 0 Å². The summed E-state index contributed by atoms with van der Waals surface area (Å²) in [6.45, 7) is 0.812. The van der Waals surface area contributed by atoms with Crippen LogP contribution in [-0.2, 0) is 13.6 Å². The van der Waals surface area contributed by atoms with Crippen LogP contribution in [0.15, 0.2) is 41.3 Å². The molecule has 0 spiro atoms. The first-order valence-corrected chi connectivity index (χ1v) is 6.52. The molecule has 0 aliphatic carbocycles. The van der Waals surface area contributed by atoms with Crippen molar-refractivity contribution in [3.8, 4) is 11.5 Å². The molecule has 0 fully saturated rings. The van der Waals surface area contributed by atoms with Crippen molar-refractivity contribution in [1.82, 2.24) is 14.5 Å². The number of nitrogens with zero attached hydrogens (tertiary/aromatic N) is 4. The summed E-state index contributed by atoms with van der Waals surface area (Å²) in [5.74, 6) is 0.918. The molecule has 0 radical (unpaired) electrons. The summed E-state index contributed by atoms with van der Waals surface area (Å²) in [6, 6.07) is 4.06. The molecule has 5 rings (SSSR count). The predicted molar refractivity (Wildman–Crippen MR) is 73.0 cm³/mol. The Morgan fingerprint density at radius 1 is 1.20 bits per heavy atom. The van der Waals surface area contributed by atoms with Crippen molar-refractivity contribution in [2.75, 3.05) is 0 Å². The number of hydrogen-bond acceptors (Lipinski definition) is 3. The molecule has 5 heterocycles. The third-order valence-electron chi connectivity index (χ3n) is 4.09. The second-order valence-electron chi connectivity index (χ2n) is 5.13. The van der Waals surface area contributed by atoms with Crippen molar-refractivity contribution in [2.45, 2.75) is 6.54 Å². The summed E-state index contributed by atoms with van der Waals surface area (Å²) < 4.78 is 10.4. The minimum absolute atomic E-state index is 0.812. The maximum Gasteiger partial charge on any atom is 0.383 e. The highest BCUT2D eigenvalue weighted by Gasteiger charge is 2.36. The van der Waals surface area contributed by atoms with Crippen LogP contribution in [0.4, 0.5) is 0 Å². The van der Waals surface area contributed by atoms with E-state index in [9.17, 15) is 0 Å². The van der Waals surface area contributed by atoms with Gasteiger partial charge in [0.25, 0.3) is 11.2 Å². The summed E-state index contributed by atoms with van der Waals surface area (Å²) in [7, 11) is 2.01. The standard InChI is InChI=1S/C15H11N4O/c1-18-12-7-17-5-3-11(12)13-15(18)20-14-10-2-4-16-6-9(10)8-19(13)14/h2-7H,8H2,1H3/q+1. The molecular formula is C15H11N4O+. The van der Waals surface area contributed by atoms with Crippen LogP contribution in [-0.4, -0.2) is 14.5 Å². The lowest BCUT2D eigenvalue weighted by atomic mass is 10.2. The van der Waals surface area contributed by atoms with Crippen molar-refractivity contribution in [1.29, 1.82) is 0 Å². The monoisotopic (exact) mass is 263 g/mol. The Morgan fingerprint density at radius 3 is 3.00 bits per heavy atom. The Balaban J connectivity index is 1.97. The Hall–Kier alpha value is -2.69. The van der Waals surface area contributed by atoms with E-state index in [1.54, 1.807) is 0 Å². The number of pyridine rings is 2. The van der Waals surface area contributed by atoms with Gasteiger partial charge in [0.2, 0.25) is 0 Å². The second-order valence-corrected chi connectivity index (χ2v) is 5.13. The van der Waals surface area contributed by atoms with E-state index in [1.165, 1.54) is 10.9 Å². The van der Waals surface area contributed by atoms with Gasteiger partial charge in [0.1, 0.15) is 0 Å². The van der Waals surface area contributed by atoms with Gasteiger partial charge < -0.3 is 8.98 Å². The fraction of sp³-hybridized carbons (Fsp3) is 0.133. The van der Waals surface area contributed by atoms with E-state index >= 15 is 0 Å². The summed E-state index contributed by atoms with van der Waals surface area (Å²) in [5, 5.41) is 1.17. The first-order valence-electron chi connectivity index (χ1n) is 6.52. The van der Waals surface area contributed by atoms with Gasteiger partial charge in [-0.3, -0.25) is 9.97 Å². The maximum atomic E-state index is 6.12. The zero-order chi connectivity index (χ0) is 13.3. The minimum Gasteiger partial charge on any atom is -0.380 e. The topological polar surface area (TPSA) is 47.7 Å². The van der Waals surface area contributed by atoms with Gasteiger partial charge >= 0.3 is 5.89 Å². The zero-order valence-electron chi connectivity index (χ0n) is 10.9. The van der Waals surface area contributed by atoms with Crippen LogP contribution in [0, 0.1) is 0 Å². The van der Waals surface area contributed by atoms with E-state index in [4.69, 9.17) is 4.42 Å². The Bertz CT molecular complexity index is 996. The van der Waals surface area contributed by atoms with Crippen LogP contribution in [0.2, 0.25) is 0 Å². The van der Waals surface area contributed by atoms with Crippen LogP contribution in [0.5, 0.6) is 0 Å². The van der Waals surface area contributed by atoms with Crippen molar-refractivity contribution in [2.24, 2.45) is 7.05 Å². The average Bonchev–Trinajstić information content (AvgIpc) is 3.09.